The van der Waals surface area contributed by atoms with E-state index in [4.69, 9.17) is 18.5 Å². The van der Waals surface area contributed by atoms with E-state index in [-0.39, 0.29) is 32.3 Å². The zero-order chi connectivity index (χ0) is 45.5. The SMILES string of the molecule is CC/C=C\C/C=C\C/C=C\C/C=C\CCCCCCC(=O)O[C@H](COC(=O)CCC[C@H](O)[C@@H](O)\C=C/C=C\C=C\C=C\[C@H](O)C/C=C\CC)COP(=O)([O-])OCC[N+](C)(C)C. The fourth-order valence-electron chi connectivity index (χ4n) is 5.10. The first-order chi connectivity index (χ1) is 29.2. The van der Waals surface area contributed by atoms with Gasteiger partial charge in [-0.15, -0.1) is 0 Å². The van der Waals surface area contributed by atoms with E-state index in [1.165, 1.54) is 6.08 Å². The van der Waals surface area contributed by atoms with Crippen LogP contribution in [0.15, 0.2) is 109 Å². The lowest BCUT2D eigenvalue weighted by Gasteiger charge is -2.28. The largest absolute Gasteiger partial charge is 0.756 e. The molecule has 0 bridgehead atoms. The zero-order valence-electron chi connectivity index (χ0n) is 37.6. The first kappa shape index (κ1) is 57.5. The van der Waals surface area contributed by atoms with Gasteiger partial charge in [0.1, 0.15) is 19.8 Å². The van der Waals surface area contributed by atoms with Gasteiger partial charge in [0.15, 0.2) is 6.10 Å². The van der Waals surface area contributed by atoms with Crippen molar-refractivity contribution in [1.29, 1.82) is 0 Å². The standard InChI is InChI=1S/C48H78NO11P/c1-6-8-10-11-12-13-14-15-16-17-18-19-20-21-22-27-31-37-48(54)60-44(42-59-61(55,56)58-40-39-49(3,4)5)41-57-47(53)38-32-36-46(52)45(51)35-30-26-24-23-25-29-34-43(50)33-28-9-7-2/h8-10,12-13,15-16,18-19,23-26,28-30,34-35,43-46,50-52H,6-7,11,14,17,20-22,27,31-33,36-42H2,1-5H3/b10-8-,13-12-,16-15-,19-18-,25-23+,26-24-,28-9-,34-29+,35-30-/t43-,44-,45+,46+/m1/s1. The number of hydrogen-bond donors (Lipinski definition) is 3. The number of aliphatic hydroxyl groups is 3. The summed E-state index contributed by atoms with van der Waals surface area (Å²) >= 11 is 0. The molecule has 346 valence electrons. The average molecular weight is 876 g/mol. The van der Waals surface area contributed by atoms with Gasteiger partial charge < -0.3 is 43.2 Å². The Morgan fingerprint density at radius 1 is 0.656 bits per heavy atom. The predicted molar refractivity (Wildman–Crippen MR) is 244 cm³/mol. The second-order valence-electron chi connectivity index (χ2n) is 15.5. The number of allylic oxidation sites excluding steroid dienone is 15. The maximum absolute atomic E-state index is 12.7. The van der Waals surface area contributed by atoms with Gasteiger partial charge in [-0.3, -0.25) is 14.2 Å². The third kappa shape index (κ3) is 40.4. The Morgan fingerprint density at radius 3 is 1.85 bits per heavy atom. The van der Waals surface area contributed by atoms with Crippen molar-refractivity contribution in [3.63, 3.8) is 0 Å². The molecule has 61 heavy (non-hydrogen) atoms. The molecule has 0 rings (SSSR count). The van der Waals surface area contributed by atoms with Gasteiger partial charge in [0.25, 0.3) is 7.82 Å². The minimum Gasteiger partial charge on any atom is -0.756 e. The summed E-state index contributed by atoms with van der Waals surface area (Å²) in [5.41, 5.74) is 0. The fourth-order valence-corrected chi connectivity index (χ4v) is 5.83. The summed E-state index contributed by atoms with van der Waals surface area (Å²) in [7, 11) is 0.934. The van der Waals surface area contributed by atoms with Crippen molar-refractivity contribution in [2.75, 3.05) is 47.5 Å². The molecule has 0 spiro atoms. The number of phosphoric ester groups is 1. The van der Waals surface area contributed by atoms with Crippen molar-refractivity contribution in [2.45, 2.75) is 135 Å². The fraction of sp³-hybridized carbons (Fsp3) is 0.583. The van der Waals surface area contributed by atoms with E-state index >= 15 is 0 Å². The second-order valence-corrected chi connectivity index (χ2v) is 16.9. The number of nitrogens with zero attached hydrogens (tertiary/aromatic N) is 1. The molecular formula is C48H78NO11P. The van der Waals surface area contributed by atoms with Gasteiger partial charge in [0, 0.05) is 12.8 Å². The number of quaternary nitrogens is 1. The first-order valence-electron chi connectivity index (χ1n) is 21.9. The van der Waals surface area contributed by atoms with Gasteiger partial charge in [0.2, 0.25) is 0 Å². The number of carbonyl (C=O) groups is 2. The Hall–Kier alpha value is -3.45. The second kappa shape index (κ2) is 38.2. The molecule has 12 nitrogen and oxygen atoms in total. The van der Waals surface area contributed by atoms with Crippen LogP contribution >= 0.6 is 7.82 Å². The van der Waals surface area contributed by atoms with Gasteiger partial charge in [-0.1, -0.05) is 136 Å². The Labute approximate surface area is 367 Å². The highest BCUT2D eigenvalue weighted by molar-refractivity contribution is 7.45. The lowest BCUT2D eigenvalue weighted by atomic mass is 10.1. The number of likely N-dealkylation sites (N-methyl/N-ethyl adjacent to an activating group) is 1. The summed E-state index contributed by atoms with van der Waals surface area (Å²) in [4.78, 5) is 37.6. The molecule has 5 atom stereocenters. The summed E-state index contributed by atoms with van der Waals surface area (Å²) in [6.07, 6.45) is 40.7. The molecule has 0 radical (unpaired) electrons. The molecule has 13 heteroatoms. The van der Waals surface area contributed by atoms with Gasteiger partial charge in [-0.2, -0.15) is 0 Å². The van der Waals surface area contributed by atoms with Gasteiger partial charge in [-0.05, 0) is 70.6 Å². The Bertz CT molecular complexity index is 1460. The average Bonchev–Trinajstić information content (AvgIpc) is 3.20. The van der Waals surface area contributed by atoms with Crippen molar-refractivity contribution in [3.8, 4) is 0 Å². The number of ether oxygens (including phenoxy) is 2. The molecule has 3 N–H and O–H groups in total. The van der Waals surface area contributed by atoms with Crippen molar-refractivity contribution in [3.05, 3.63) is 109 Å². The molecule has 0 aromatic rings. The van der Waals surface area contributed by atoms with Crippen molar-refractivity contribution >= 4 is 19.8 Å². The van der Waals surface area contributed by atoms with E-state index in [1.54, 1.807) is 42.5 Å². The van der Waals surface area contributed by atoms with Crippen LogP contribution in [0.2, 0.25) is 0 Å². The molecule has 0 amide bonds. The van der Waals surface area contributed by atoms with Crippen molar-refractivity contribution in [2.24, 2.45) is 0 Å². The Morgan fingerprint density at radius 2 is 1.21 bits per heavy atom. The molecule has 0 fully saturated rings. The number of aliphatic hydroxyl groups excluding tert-OH is 3. The maximum Gasteiger partial charge on any atom is 0.306 e. The van der Waals surface area contributed by atoms with Gasteiger partial charge >= 0.3 is 11.9 Å². The van der Waals surface area contributed by atoms with Crippen LogP contribution in [0.25, 0.3) is 0 Å². The predicted octanol–water partition coefficient (Wildman–Crippen LogP) is 8.63. The molecule has 0 aliphatic carbocycles. The minimum atomic E-state index is -4.73. The topological polar surface area (TPSA) is 172 Å². The highest BCUT2D eigenvalue weighted by atomic mass is 31.2. The summed E-state index contributed by atoms with van der Waals surface area (Å²) in [5.74, 6) is -1.21. The van der Waals surface area contributed by atoms with Crippen LogP contribution in [-0.2, 0) is 32.7 Å². The zero-order valence-corrected chi connectivity index (χ0v) is 38.5. The minimum absolute atomic E-state index is 0.0913. The van der Waals surface area contributed by atoms with Gasteiger partial charge in [-0.25, -0.2) is 0 Å². The third-order valence-electron chi connectivity index (χ3n) is 8.63. The molecule has 0 saturated carbocycles. The third-order valence-corrected chi connectivity index (χ3v) is 9.60. The number of carbonyl (C=O) groups excluding carboxylic acids is 2. The van der Waals surface area contributed by atoms with Gasteiger partial charge in [0.05, 0.1) is 46.1 Å². The van der Waals surface area contributed by atoms with Crippen LogP contribution in [0.1, 0.15) is 110 Å². The highest BCUT2D eigenvalue weighted by Crippen LogP contribution is 2.38. The normalized spacial score (nSPS) is 16.1. The van der Waals surface area contributed by atoms with Crippen molar-refractivity contribution in [1.82, 2.24) is 0 Å². The quantitative estimate of drug-likeness (QED) is 0.0136. The molecule has 1 unspecified atom stereocenters. The van der Waals surface area contributed by atoms with E-state index in [0.29, 0.717) is 23.9 Å². The van der Waals surface area contributed by atoms with Crippen LogP contribution in [0.3, 0.4) is 0 Å². The monoisotopic (exact) mass is 876 g/mol. The number of unbranched alkanes of at least 4 members (excludes halogenated alkanes) is 4. The van der Waals surface area contributed by atoms with Crippen LogP contribution < -0.4 is 4.89 Å². The lowest BCUT2D eigenvalue weighted by Crippen LogP contribution is -2.37. The van der Waals surface area contributed by atoms with E-state index in [0.717, 1.165) is 57.8 Å². The molecule has 0 aliphatic rings. The lowest BCUT2D eigenvalue weighted by molar-refractivity contribution is -0.870. The number of esters is 2. The smallest absolute Gasteiger partial charge is 0.306 e. The number of rotatable bonds is 37. The van der Waals surface area contributed by atoms with Crippen LogP contribution in [0.4, 0.5) is 0 Å². The van der Waals surface area contributed by atoms with Crippen LogP contribution in [0.5, 0.6) is 0 Å². The molecule has 0 saturated heterocycles. The molecule has 0 heterocycles. The van der Waals surface area contributed by atoms with Crippen molar-refractivity contribution < 1.29 is 57.4 Å². The Balaban J connectivity index is 4.75. The summed E-state index contributed by atoms with van der Waals surface area (Å²) < 4.78 is 33.6. The van der Waals surface area contributed by atoms with E-state index < -0.39 is 57.4 Å². The maximum atomic E-state index is 12.7. The number of hydrogen-bond acceptors (Lipinski definition) is 11. The highest BCUT2D eigenvalue weighted by Gasteiger charge is 2.22. The number of phosphoric acid groups is 1. The molecule has 0 aromatic carbocycles. The molecular weight excluding hydrogens is 797 g/mol. The van der Waals surface area contributed by atoms with Crippen LogP contribution in [-0.4, -0.2) is 104 Å². The summed E-state index contributed by atoms with van der Waals surface area (Å²) in [6, 6.07) is 0. The molecule has 0 aliphatic heterocycles. The summed E-state index contributed by atoms with van der Waals surface area (Å²) in [5, 5.41) is 30.4. The first-order valence-corrected chi connectivity index (χ1v) is 23.4. The van der Waals surface area contributed by atoms with Crippen LogP contribution in [0, 0.1) is 0 Å². The molecule has 0 aromatic heterocycles. The summed E-state index contributed by atoms with van der Waals surface area (Å²) in [6.45, 7) is 3.45. The van der Waals surface area contributed by atoms with E-state index in [9.17, 15) is 34.4 Å². The Kier molecular flexibility index (Phi) is 36.1. The van der Waals surface area contributed by atoms with E-state index in [1.807, 2.05) is 40.2 Å². The van der Waals surface area contributed by atoms with E-state index in [2.05, 4.69) is 55.5 Å².